The minimum Gasteiger partial charge on any atom is -0.330 e. The highest BCUT2D eigenvalue weighted by molar-refractivity contribution is 5.63. The molecule has 0 aliphatic rings. The number of halogens is 3. The molecule has 88 valence electrons. The summed E-state index contributed by atoms with van der Waals surface area (Å²) in [4.78, 5) is 0. The average Bonchev–Trinajstić information content (AvgIpc) is 2.25. The van der Waals surface area contributed by atoms with Gasteiger partial charge < -0.3 is 5.73 Å². The predicted molar refractivity (Wildman–Crippen MR) is 58.8 cm³/mol. The lowest BCUT2D eigenvalue weighted by Crippen LogP contribution is -2.04. The van der Waals surface area contributed by atoms with E-state index in [-0.39, 0.29) is 0 Å². The Morgan fingerprint density at radius 3 is 2.25 bits per heavy atom. The first kappa shape index (κ1) is 12.8. The number of rotatable bonds is 3. The molecule has 0 heterocycles. The lowest BCUT2D eigenvalue weighted by atomic mass is 10.0. The second-order valence-electron chi connectivity index (χ2n) is 3.54. The van der Waals surface area contributed by atoms with Gasteiger partial charge in [0.2, 0.25) is 0 Å². The van der Waals surface area contributed by atoms with E-state index in [1.54, 1.807) is 0 Å². The molecule has 0 aliphatic carbocycles. The third kappa shape index (κ3) is 3.38. The summed E-state index contributed by atoms with van der Waals surface area (Å²) in [7, 11) is 0. The van der Waals surface area contributed by atoms with Crippen LogP contribution in [0.15, 0.2) is 30.3 Å². The van der Waals surface area contributed by atoms with Crippen molar-refractivity contribution in [2.45, 2.75) is 19.5 Å². The van der Waals surface area contributed by atoms with Crippen molar-refractivity contribution in [1.29, 1.82) is 0 Å². The topological polar surface area (TPSA) is 26.0 Å². The summed E-state index contributed by atoms with van der Waals surface area (Å²) in [5.41, 5.74) is 6.46. The fraction of sp³-hybridized carbons (Fsp3) is 0.333. The summed E-state index contributed by atoms with van der Waals surface area (Å²) in [6, 6.07) is 5.14. The molecule has 0 amide bonds. The molecule has 0 aliphatic heterocycles. The van der Waals surface area contributed by atoms with Gasteiger partial charge in [0.05, 0.1) is 5.56 Å². The van der Waals surface area contributed by atoms with E-state index < -0.39 is 11.7 Å². The van der Waals surface area contributed by atoms with Crippen molar-refractivity contribution < 1.29 is 13.2 Å². The number of benzene rings is 1. The molecule has 0 spiro atoms. The molecule has 16 heavy (non-hydrogen) atoms. The molecule has 0 bridgehead atoms. The summed E-state index contributed by atoms with van der Waals surface area (Å²) in [5, 5.41) is 0. The molecule has 0 aromatic heterocycles. The Hall–Kier alpha value is -1.29. The predicted octanol–water partition coefficient (Wildman–Crippen LogP) is 3.46. The van der Waals surface area contributed by atoms with Gasteiger partial charge in [0.15, 0.2) is 0 Å². The molecular weight excluding hydrogens is 215 g/mol. The normalized spacial score (nSPS) is 12.9. The van der Waals surface area contributed by atoms with Crippen LogP contribution in [0.3, 0.4) is 0 Å². The minimum atomic E-state index is -4.27. The van der Waals surface area contributed by atoms with E-state index in [1.165, 1.54) is 12.1 Å². The van der Waals surface area contributed by atoms with Crippen molar-refractivity contribution >= 4 is 5.57 Å². The lowest BCUT2D eigenvalue weighted by molar-refractivity contribution is -0.137. The van der Waals surface area contributed by atoms with Gasteiger partial charge in [-0.15, -0.1) is 0 Å². The summed E-state index contributed by atoms with van der Waals surface area (Å²) in [6.45, 7) is 2.40. The molecule has 1 aromatic rings. The number of hydrogen-bond acceptors (Lipinski definition) is 1. The zero-order valence-electron chi connectivity index (χ0n) is 9.01. The first-order valence-electron chi connectivity index (χ1n) is 4.99. The summed E-state index contributed by atoms with van der Waals surface area (Å²) < 4.78 is 36.9. The average molecular weight is 229 g/mol. The third-order valence-corrected chi connectivity index (χ3v) is 2.28. The van der Waals surface area contributed by atoms with Crippen LogP contribution in [0.4, 0.5) is 13.2 Å². The van der Waals surface area contributed by atoms with Crippen LogP contribution in [-0.4, -0.2) is 6.54 Å². The maximum Gasteiger partial charge on any atom is 0.416 e. The summed E-state index contributed by atoms with van der Waals surface area (Å²) in [6.07, 6.45) is -1.62. The van der Waals surface area contributed by atoms with Gasteiger partial charge in [-0.3, -0.25) is 0 Å². The van der Waals surface area contributed by atoms with Gasteiger partial charge in [-0.05, 0) is 43.2 Å². The van der Waals surface area contributed by atoms with E-state index in [0.717, 1.165) is 29.7 Å². The number of hydrogen-bond donors (Lipinski definition) is 1. The Morgan fingerprint density at radius 1 is 1.25 bits per heavy atom. The van der Waals surface area contributed by atoms with E-state index in [1.807, 2.05) is 13.0 Å². The van der Waals surface area contributed by atoms with Crippen molar-refractivity contribution in [3.8, 4) is 0 Å². The molecule has 2 N–H and O–H groups in total. The lowest BCUT2D eigenvalue weighted by Gasteiger charge is -2.07. The zero-order valence-corrected chi connectivity index (χ0v) is 9.01. The fourth-order valence-corrected chi connectivity index (χ4v) is 1.34. The molecule has 0 radical (unpaired) electrons. The van der Waals surface area contributed by atoms with E-state index in [9.17, 15) is 13.2 Å². The highest BCUT2D eigenvalue weighted by Gasteiger charge is 2.29. The second kappa shape index (κ2) is 5.16. The first-order valence-corrected chi connectivity index (χ1v) is 4.99. The second-order valence-corrected chi connectivity index (χ2v) is 3.54. The van der Waals surface area contributed by atoms with E-state index in [4.69, 9.17) is 5.73 Å². The molecule has 1 aromatic carbocycles. The molecule has 0 saturated carbocycles. The van der Waals surface area contributed by atoms with Gasteiger partial charge in [0, 0.05) is 0 Å². The highest BCUT2D eigenvalue weighted by Crippen LogP contribution is 2.29. The van der Waals surface area contributed by atoms with Crippen molar-refractivity contribution in [3.63, 3.8) is 0 Å². The van der Waals surface area contributed by atoms with Crippen molar-refractivity contribution in [2.75, 3.05) is 6.54 Å². The fourth-order valence-electron chi connectivity index (χ4n) is 1.34. The Labute approximate surface area is 92.8 Å². The van der Waals surface area contributed by atoms with Crippen LogP contribution in [0.1, 0.15) is 24.5 Å². The van der Waals surface area contributed by atoms with Gasteiger partial charge in [-0.2, -0.15) is 13.2 Å². The van der Waals surface area contributed by atoms with E-state index >= 15 is 0 Å². The van der Waals surface area contributed by atoms with Crippen LogP contribution in [0.5, 0.6) is 0 Å². The molecule has 1 rings (SSSR count). The maximum atomic E-state index is 12.3. The minimum absolute atomic E-state index is 0.540. The Balaban J connectivity index is 2.87. The quantitative estimate of drug-likeness (QED) is 0.843. The summed E-state index contributed by atoms with van der Waals surface area (Å²) >= 11 is 0. The third-order valence-electron chi connectivity index (χ3n) is 2.28. The number of alkyl halides is 3. The molecule has 0 saturated heterocycles. The largest absolute Gasteiger partial charge is 0.416 e. The Morgan fingerprint density at radius 2 is 1.81 bits per heavy atom. The van der Waals surface area contributed by atoms with Crippen molar-refractivity contribution in [3.05, 3.63) is 41.5 Å². The van der Waals surface area contributed by atoms with Gasteiger partial charge in [-0.25, -0.2) is 0 Å². The van der Waals surface area contributed by atoms with Gasteiger partial charge in [0.1, 0.15) is 0 Å². The van der Waals surface area contributed by atoms with Crippen LogP contribution in [0.25, 0.3) is 5.57 Å². The van der Waals surface area contributed by atoms with Crippen LogP contribution < -0.4 is 5.73 Å². The summed E-state index contributed by atoms with van der Waals surface area (Å²) in [5.74, 6) is 0. The Bertz CT molecular complexity index is 363. The van der Waals surface area contributed by atoms with E-state index in [2.05, 4.69) is 0 Å². The molecule has 1 nitrogen and oxygen atoms in total. The molecular formula is C12H14F3N. The van der Waals surface area contributed by atoms with E-state index in [0.29, 0.717) is 6.54 Å². The van der Waals surface area contributed by atoms with Crippen LogP contribution in [0, 0.1) is 0 Å². The molecule has 0 unspecified atom stereocenters. The van der Waals surface area contributed by atoms with Crippen LogP contribution in [-0.2, 0) is 6.18 Å². The van der Waals surface area contributed by atoms with Crippen molar-refractivity contribution in [1.82, 2.24) is 0 Å². The SMILES string of the molecule is CC(=CCCN)c1ccc(C(F)(F)F)cc1. The van der Waals surface area contributed by atoms with Crippen molar-refractivity contribution in [2.24, 2.45) is 5.73 Å². The number of nitrogens with two attached hydrogens (primary N) is 1. The smallest absolute Gasteiger partial charge is 0.330 e. The van der Waals surface area contributed by atoms with Crippen LogP contribution >= 0.6 is 0 Å². The zero-order chi connectivity index (χ0) is 12.2. The highest BCUT2D eigenvalue weighted by atomic mass is 19.4. The molecule has 0 fully saturated rings. The van der Waals surface area contributed by atoms with Gasteiger partial charge >= 0.3 is 6.18 Å². The monoisotopic (exact) mass is 229 g/mol. The molecule has 4 heteroatoms. The molecule has 0 atom stereocenters. The maximum absolute atomic E-state index is 12.3. The Kier molecular flexibility index (Phi) is 4.12. The first-order chi connectivity index (χ1) is 7.45. The van der Waals surface area contributed by atoms with Crippen LogP contribution in [0.2, 0.25) is 0 Å². The standard InChI is InChI=1S/C12H14F3N/c1-9(3-2-8-16)10-4-6-11(7-5-10)12(13,14)15/h3-7H,2,8,16H2,1H3. The number of allylic oxidation sites excluding steroid dienone is 1. The van der Waals surface area contributed by atoms with Gasteiger partial charge in [-0.1, -0.05) is 18.2 Å². The van der Waals surface area contributed by atoms with Gasteiger partial charge in [0.25, 0.3) is 0 Å².